The number of hydrogen-bond donors (Lipinski definition) is 1. The Balaban J connectivity index is 1.79. The van der Waals surface area contributed by atoms with Gasteiger partial charge >= 0.3 is 5.97 Å². The molecule has 0 bridgehead atoms. The van der Waals surface area contributed by atoms with Gasteiger partial charge in [0, 0.05) is 13.1 Å². The van der Waals surface area contributed by atoms with Gasteiger partial charge in [0.25, 0.3) is 0 Å². The first-order chi connectivity index (χ1) is 11.7. The lowest BCUT2D eigenvalue weighted by atomic mass is 10.00. The molecule has 1 aromatic heterocycles. The second kappa shape index (κ2) is 7.25. The third-order valence-electron chi connectivity index (χ3n) is 4.21. The van der Waals surface area contributed by atoms with E-state index in [-0.39, 0.29) is 0 Å². The maximum atomic E-state index is 11.9. The zero-order valence-corrected chi connectivity index (χ0v) is 13.9. The largest absolute Gasteiger partial charge is 0.465 e. The molecular weight excluding hydrogens is 306 g/mol. The molecule has 1 saturated heterocycles. The quantitative estimate of drug-likeness (QED) is 0.865. The van der Waals surface area contributed by atoms with E-state index in [2.05, 4.69) is 32.3 Å². The molecule has 0 atom stereocenters. The van der Waals surface area contributed by atoms with Crippen LogP contribution < -0.4 is 10.2 Å². The standard InChI is InChI=1S/C17H21N5O2/c1-12-7-9-22(10-8-12)17-20-15(11-18-21-17)19-14-6-4-3-5-13(14)16(23)24-2/h3-6,11-12H,7-10H2,1-2H3,(H,19,20,21). The fraction of sp³-hybridized carbons (Fsp3) is 0.412. The summed E-state index contributed by atoms with van der Waals surface area (Å²) in [5.41, 5.74) is 1.08. The van der Waals surface area contributed by atoms with Gasteiger partial charge in [0.2, 0.25) is 5.95 Å². The van der Waals surface area contributed by atoms with Crippen molar-refractivity contribution in [1.29, 1.82) is 0 Å². The van der Waals surface area contributed by atoms with E-state index in [1.54, 1.807) is 24.4 Å². The van der Waals surface area contributed by atoms with Crippen molar-refractivity contribution in [2.45, 2.75) is 19.8 Å². The normalized spacial score (nSPS) is 15.2. The van der Waals surface area contributed by atoms with Crippen LogP contribution in [0.25, 0.3) is 0 Å². The molecule has 0 saturated carbocycles. The van der Waals surface area contributed by atoms with Crippen LogP contribution >= 0.6 is 0 Å². The Morgan fingerprint density at radius 1 is 1.29 bits per heavy atom. The topological polar surface area (TPSA) is 80.2 Å². The third-order valence-corrected chi connectivity index (χ3v) is 4.21. The van der Waals surface area contributed by atoms with Crippen LogP contribution in [0.2, 0.25) is 0 Å². The van der Waals surface area contributed by atoms with Crippen LogP contribution in [0.4, 0.5) is 17.5 Å². The van der Waals surface area contributed by atoms with Crippen molar-refractivity contribution in [1.82, 2.24) is 15.2 Å². The van der Waals surface area contributed by atoms with Crippen molar-refractivity contribution in [2.75, 3.05) is 30.4 Å². The molecule has 1 aliphatic heterocycles. The van der Waals surface area contributed by atoms with Gasteiger partial charge in [0.15, 0.2) is 5.82 Å². The molecule has 0 unspecified atom stereocenters. The van der Waals surface area contributed by atoms with Crippen LogP contribution in [0.5, 0.6) is 0 Å². The Kier molecular flexibility index (Phi) is 4.88. The minimum Gasteiger partial charge on any atom is -0.465 e. The summed E-state index contributed by atoms with van der Waals surface area (Å²) in [4.78, 5) is 18.5. The minimum atomic E-state index is -0.398. The molecule has 3 rings (SSSR count). The van der Waals surface area contributed by atoms with Crippen molar-refractivity contribution in [3.63, 3.8) is 0 Å². The average molecular weight is 327 g/mol. The second-order valence-electron chi connectivity index (χ2n) is 5.97. The van der Waals surface area contributed by atoms with Gasteiger partial charge < -0.3 is 15.0 Å². The molecule has 0 aliphatic carbocycles. The Labute approximate surface area is 141 Å². The van der Waals surface area contributed by atoms with Gasteiger partial charge in [-0.25, -0.2) is 4.79 Å². The number of carbonyl (C=O) groups is 1. The first kappa shape index (κ1) is 16.2. The van der Waals surface area contributed by atoms with Crippen molar-refractivity contribution >= 4 is 23.4 Å². The maximum absolute atomic E-state index is 11.9. The molecule has 126 valence electrons. The predicted molar refractivity (Wildman–Crippen MR) is 91.5 cm³/mol. The van der Waals surface area contributed by atoms with Gasteiger partial charge in [0.05, 0.1) is 24.6 Å². The zero-order chi connectivity index (χ0) is 16.9. The summed E-state index contributed by atoms with van der Waals surface area (Å²) in [5, 5.41) is 11.3. The molecule has 0 amide bonds. The molecular formula is C17H21N5O2. The highest BCUT2D eigenvalue weighted by Gasteiger charge is 2.19. The van der Waals surface area contributed by atoms with Crippen LogP contribution in [0.3, 0.4) is 0 Å². The number of hydrogen-bond acceptors (Lipinski definition) is 7. The van der Waals surface area contributed by atoms with E-state index in [1.807, 2.05) is 6.07 Å². The molecule has 24 heavy (non-hydrogen) atoms. The summed E-state index contributed by atoms with van der Waals surface area (Å²) >= 11 is 0. The zero-order valence-electron chi connectivity index (χ0n) is 13.9. The fourth-order valence-electron chi connectivity index (χ4n) is 2.71. The number of methoxy groups -OCH3 is 1. The van der Waals surface area contributed by atoms with Crippen LogP contribution in [0, 0.1) is 5.92 Å². The maximum Gasteiger partial charge on any atom is 0.339 e. The van der Waals surface area contributed by atoms with E-state index in [1.165, 1.54) is 7.11 Å². The SMILES string of the molecule is COC(=O)c1ccccc1Nc1cnnc(N2CCC(C)CC2)n1. The lowest BCUT2D eigenvalue weighted by molar-refractivity contribution is 0.0602. The molecule has 0 spiro atoms. The first-order valence-electron chi connectivity index (χ1n) is 8.06. The van der Waals surface area contributed by atoms with Gasteiger partial charge in [-0.1, -0.05) is 19.1 Å². The van der Waals surface area contributed by atoms with E-state index in [9.17, 15) is 4.79 Å². The molecule has 7 heteroatoms. The van der Waals surface area contributed by atoms with E-state index in [0.29, 0.717) is 23.0 Å². The van der Waals surface area contributed by atoms with Crippen molar-refractivity contribution in [3.8, 4) is 0 Å². The summed E-state index contributed by atoms with van der Waals surface area (Å²) in [5.74, 6) is 1.50. The number of nitrogens with one attached hydrogen (secondary N) is 1. The van der Waals surface area contributed by atoms with Crippen LogP contribution in [0.1, 0.15) is 30.1 Å². The van der Waals surface area contributed by atoms with Gasteiger partial charge in [-0.05, 0) is 30.9 Å². The summed E-state index contributed by atoms with van der Waals surface area (Å²) in [6, 6.07) is 7.14. The monoisotopic (exact) mass is 327 g/mol. The fourth-order valence-corrected chi connectivity index (χ4v) is 2.71. The van der Waals surface area contributed by atoms with E-state index in [4.69, 9.17) is 4.74 Å². The summed E-state index contributed by atoms with van der Waals surface area (Å²) in [6.45, 7) is 4.13. The average Bonchev–Trinajstić information content (AvgIpc) is 2.62. The smallest absolute Gasteiger partial charge is 0.339 e. The van der Waals surface area contributed by atoms with Crippen molar-refractivity contribution < 1.29 is 9.53 Å². The lowest BCUT2D eigenvalue weighted by Gasteiger charge is -2.29. The number of carbonyl (C=O) groups excluding carboxylic acids is 1. The van der Waals surface area contributed by atoms with Crippen molar-refractivity contribution in [2.24, 2.45) is 5.92 Å². The molecule has 1 N–H and O–H groups in total. The number of benzene rings is 1. The van der Waals surface area contributed by atoms with Gasteiger partial charge in [-0.2, -0.15) is 10.1 Å². The lowest BCUT2D eigenvalue weighted by Crippen LogP contribution is -2.34. The highest BCUT2D eigenvalue weighted by atomic mass is 16.5. The number of piperidine rings is 1. The third kappa shape index (κ3) is 3.61. The van der Waals surface area contributed by atoms with Gasteiger partial charge in [0.1, 0.15) is 0 Å². The van der Waals surface area contributed by atoms with E-state index < -0.39 is 5.97 Å². The number of ether oxygens (including phenoxy) is 1. The highest BCUT2D eigenvalue weighted by Crippen LogP contribution is 2.23. The molecule has 1 fully saturated rings. The van der Waals surface area contributed by atoms with Crippen LogP contribution in [0.15, 0.2) is 30.5 Å². The number of para-hydroxylation sites is 1. The molecule has 2 heterocycles. The van der Waals surface area contributed by atoms with Crippen LogP contribution in [-0.4, -0.2) is 41.3 Å². The summed E-state index contributed by atoms with van der Waals surface area (Å²) in [6.07, 6.45) is 3.81. The first-order valence-corrected chi connectivity index (χ1v) is 8.06. The number of aromatic nitrogens is 3. The number of rotatable bonds is 4. The summed E-state index contributed by atoms with van der Waals surface area (Å²) < 4.78 is 4.81. The molecule has 1 aliphatic rings. The molecule has 0 radical (unpaired) electrons. The minimum absolute atomic E-state index is 0.398. The Morgan fingerprint density at radius 2 is 2.04 bits per heavy atom. The number of anilines is 3. The number of nitrogens with zero attached hydrogens (tertiary/aromatic N) is 4. The predicted octanol–water partition coefficient (Wildman–Crippen LogP) is 2.64. The number of esters is 1. The van der Waals surface area contributed by atoms with Gasteiger partial charge in [-0.3, -0.25) is 0 Å². The van der Waals surface area contributed by atoms with Crippen LogP contribution in [-0.2, 0) is 4.74 Å². The highest BCUT2D eigenvalue weighted by molar-refractivity contribution is 5.96. The van der Waals surface area contributed by atoms with E-state index >= 15 is 0 Å². The summed E-state index contributed by atoms with van der Waals surface area (Å²) in [7, 11) is 1.36. The van der Waals surface area contributed by atoms with Crippen molar-refractivity contribution in [3.05, 3.63) is 36.0 Å². The Bertz CT molecular complexity index is 714. The Morgan fingerprint density at radius 3 is 2.79 bits per heavy atom. The molecule has 7 nitrogen and oxygen atoms in total. The second-order valence-corrected chi connectivity index (χ2v) is 5.97. The molecule has 1 aromatic carbocycles. The van der Waals surface area contributed by atoms with E-state index in [0.717, 1.165) is 31.8 Å². The van der Waals surface area contributed by atoms with Gasteiger partial charge in [-0.15, -0.1) is 5.10 Å². The molecule has 2 aromatic rings. The Hall–Kier alpha value is -2.70.